The van der Waals surface area contributed by atoms with Gasteiger partial charge < -0.3 is 20.3 Å². The van der Waals surface area contributed by atoms with E-state index in [0.717, 1.165) is 5.56 Å². The summed E-state index contributed by atoms with van der Waals surface area (Å²) < 4.78 is 12.0. The lowest BCUT2D eigenvalue weighted by molar-refractivity contribution is 0.0991. The number of nitrogens with zero attached hydrogens (tertiary/aromatic N) is 3. The number of amides is 1. The number of ether oxygens (including phenoxy) is 2. The molecule has 0 bridgehead atoms. The molecule has 2 heterocycles. The first-order valence-corrected chi connectivity index (χ1v) is 8.67. The summed E-state index contributed by atoms with van der Waals surface area (Å²) in [4.78, 5) is 32.7. The molecule has 3 aromatic rings. The summed E-state index contributed by atoms with van der Waals surface area (Å²) in [7, 11) is 3.02. The van der Waals surface area contributed by atoms with Gasteiger partial charge in [-0.2, -0.15) is 0 Å². The Kier molecular flexibility index (Phi) is 5.77. The Morgan fingerprint density at radius 3 is 2.62 bits per heavy atom. The maximum atomic E-state index is 12.8. The van der Waals surface area contributed by atoms with Crippen LogP contribution >= 0.6 is 0 Å². The van der Waals surface area contributed by atoms with E-state index in [2.05, 4.69) is 9.97 Å². The molecule has 3 N–H and O–H groups in total. The molecule has 150 valence electrons. The molecule has 1 amide bonds. The van der Waals surface area contributed by atoms with E-state index in [4.69, 9.17) is 15.2 Å². The van der Waals surface area contributed by atoms with Crippen LogP contribution in [0.2, 0.25) is 0 Å². The van der Waals surface area contributed by atoms with Crippen LogP contribution < -0.4 is 20.8 Å². The number of rotatable bonds is 7. The van der Waals surface area contributed by atoms with Crippen molar-refractivity contribution in [2.75, 3.05) is 14.2 Å². The predicted octanol–water partition coefficient (Wildman–Crippen LogP) is 1.10. The van der Waals surface area contributed by atoms with Gasteiger partial charge in [-0.05, 0) is 17.7 Å². The van der Waals surface area contributed by atoms with E-state index in [1.54, 1.807) is 42.7 Å². The Balaban J connectivity index is 2.16. The molecule has 0 atom stereocenters. The highest BCUT2D eigenvalue weighted by Gasteiger charge is 2.21. The number of aromatic hydroxyl groups is 1. The van der Waals surface area contributed by atoms with Crippen LogP contribution in [0.3, 0.4) is 0 Å². The summed E-state index contributed by atoms with van der Waals surface area (Å²) >= 11 is 0. The zero-order chi connectivity index (χ0) is 21.0. The Hall–Kier alpha value is -3.88. The molecule has 0 saturated carbocycles. The maximum absolute atomic E-state index is 12.8. The molecule has 29 heavy (non-hydrogen) atoms. The number of methoxy groups -OCH3 is 2. The normalized spacial score (nSPS) is 10.6. The van der Waals surface area contributed by atoms with Crippen LogP contribution in [0.4, 0.5) is 0 Å². The van der Waals surface area contributed by atoms with Gasteiger partial charge in [-0.15, -0.1) is 0 Å². The van der Waals surface area contributed by atoms with Gasteiger partial charge in [0.1, 0.15) is 5.82 Å². The van der Waals surface area contributed by atoms with Gasteiger partial charge in [-0.3, -0.25) is 19.1 Å². The molecular formula is C20H20N4O5. The zero-order valence-corrected chi connectivity index (χ0v) is 16.0. The second-order valence-electron chi connectivity index (χ2n) is 6.17. The predicted molar refractivity (Wildman–Crippen MR) is 104 cm³/mol. The average Bonchev–Trinajstić information content (AvgIpc) is 2.73. The third kappa shape index (κ3) is 4.03. The number of aromatic nitrogens is 3. The Morgan fingerprint density at radius 1 is 1.21 bits per heavy atom. The van der Waals surface area contributed by atoms with Gasteiger partial charge in [0, 0.05) is 24.4 Å². The first-order chi connectivity index (χ1) is 14.0. The largest absolute Gasteiger partial charge is 0.501 e. The number of para-hydroxylation sites is 1. The summed E-state index contributed by atoms with van der Waals surface area (Å²) in [6, 6.07) is 8.82. The lowest BCUT2D eigenvalue weighted by atomic mass is 10.1. The number of hydrogen-bond acceptors (Lipinski definition) is 7. The van der Waals surface area contributed by atoms with Crippen molar-refractivity contribution in [2.45, 2.75) is 13.0 Å². The van der Waals surface area contributed by atoms with Crippen LogP contribution in [0.5, 0.6) is 17.2 Å². The monoisotopic (exact) mass is 396 g/mol. The summed E-state index contributed by atoms with van der Waals surface area (Å²) in [6.45, 7) is 0.105. The van der Waals surface area contributed by atoms with Gasteiger partial charge >= 0.3 is 0 Å². The molecule has 9 nitrogen and oxygen atoms in total. The van der Waals surface area contributed by atoms with Crippen molar-refractivity contribution in [1.29, 1.82) is 0 Å². The molecule has 0 aliphatic heterocycles. The van der Waals surface area contributed by atoms with Crippen LogP contribution in [0.15, 0.2) is 47.5 Å². The van der Waals surface area contributed by atoms with E-state index in [9.17, 15) is 14.7 Å². The van der Waals surface area contributed by atoms with E-state index in [0.29, 0.717) is 17.1 Å². The van der Waals surface area contributed by atoms with Gasteiger partial charge in [-0.25, -0.2) is 4.98 Å². The first-order valence-electron chi connectivity index (χ1n) is 8.67. The number of primary amides is 1. The van der Waals surface area contributed by atoms with Crippen molar-refractivity contribution in [2.24, 2.45) is 5.73 Å². The van der Waals surface area contributed by atoms with Crippen LogP contribution in [-0.4, -0.2) is 39.8 Å². The SMILES string of the molecule is COc1cccc(Cc2nc(C(N)=O)c(O)c(=O)n2Cc2cccnc2)c1OC. The average molecular weight is 396 g/mol. The fourth-order valence-corrected chi connectivity index (χ4v) is 3.00. The van der Waals surface area contributed by atoms with Crippen molar-refractivity contribution in [3.63, 3.8) is 0 Å². The van der Waals surface area contributed by atoms with Crippen molar-refractivity contribution in [3.05, 3.63) is 75.7 Å². The third-order valence-electron chi connectivity index (χ3n) is 4.35. The Morgan fingerprint density at radius 2 is 2.00 bits per heavy atom. The van der Waals surface area contributed by atoms with Gasteiger partial charge in [0.15, 0.2) is 17.2 Å². The van der Waals surface area contributed by atoms with Crippen molar-refractivity contribution in [1.82, 2.24) is 14.5 Å². The van der Waals surface area contributed by atoms with Gasteiger partial charge in [0.25, 0.3) is 11.5 Å². The molecule has 0 fully saturated rings. The number of benzene rings is 1. The lowest BCUT2D eigenvalue weighted by Gasteiger charge is -2.16. The quantitative estimate of drug-likeness (QED) is 0.612. The molecule has 0 saturated heterocycles. The second kappa shape index (κ2) is 8.42. The van der Waals surface area contributed by atoms with Crippen molar-refractivity contribution in [3.8, 4) is 17.2 Å². The highest BCUT2D eigenvalue weighted by atomic mass is 16.5. The Labute approximate surface area is 166 Å². The van der Waals surface area contributed by atoms with Crippen LogP contribution in [0, 0.1) is 0 Å². The van der Waals surface area contributed by atoms with Crippen LogP contribution in [-0.2, 0) is 13.0 Å². The number of pyridine rings is 1. The first kappa shape index (κ1) is 19.9. The number of carbonyl (C=O) groups excluding carboxylic acids is 1. The van der Waals surface area contributed by atoms with E-state index in [-0.39, 0.29) is 18.8 Å². The molecule has 0 radical (unpaired) electrons. The summed E-state index contributed by atoms with van der Waals surface area (Å²) in [5.74, 6) is -0.558. The second-order valence-corrected chi connectivity index (χ2v) is 6.17. The molecule has 1 aromatic carbocycles. The van der Waals surface area contributed by atoms with E-state index in [1.807, 2.05) is 0 Å². The van der Waals surface area contributed by atoms with Crippen molar-refractivity contribution >= 4 is 5.91 Å². The minimum absolute atomic E-state index is 0.105. The summed E-state index contributed by atoms with van der Waals surface area (Å²) in [6.07, 6.45) is 3.35. The fourth-order valence-electron chi connectivity index (χ4n) is 3.00. The van der Waals surface area contributed by atoms with Gasteiger partial charge in [0.05, 0.1) is 20.8 Å². The molecule has 0 spiro atoms. The molecule has 3 rings (SSSR count). The topological polar surface area (TPSA) is 130 Å². The van der Waals surface area contributed by atoms with E-state index >= 15 is 0 Å². The minimum Gasteiger partial charge on any atom is -0.501 e. The minimum atomic E-state index is -0.994. The molecule has 0 aliphatic rings. The Bertz CT molecular complexity index is 1100. The fraction of sp³-hybridized carbons (Fsp3) is 0.200. The van der Waals surface area contributed by atoms with E-state index in [1.165, 1.54) is 18.8 Å². The van der Waals surface area contributed by atoms with Gasteiger partial charge in [-0.1, -0.05) is 18.2 Å². The smallest absolute Gasteiger partial charge is 0.296 e. The molecule has 2 aromatic heterocycles. The van der Waals surface area contributed by atoms with Crippen LogP contribution in [0.25, 0.3) is 0 Å². The summed E-state index contributed by atoms with van der Waals surface area (Å²) in [5, 5.41) is 10.1. The molecular weight excluding hydrogens is 376 g/mol. The zero-order valence-electron chi connectivity index (χ0n) is 16.0. The lowest BCUT2D eigenvalue weighted by Crippen LogP contribution is -2.29. The van der Waals surface area contributed by atoms with Gasteiger partial charge in [0.2, 0.25) is 5.75 Å². The molecule has 0 aliphatic carbocycles. The number of carbonyl (C=O) groups is 1. The third-order valence-corrected chi connectivity index (χ3v) is 4.35. The standard InChI is InChI=1S/C20H20N4O5/c1-28-14-7-3-6-13(18(14)29-2)9-15-23-16(19(21)26)17(25)20(27)24(15)11-12-5-4-8-22-10-12/h3-8,10,25H,9,11H2,1-2H3,(H2,21,26). The van der Waals surface area contributed by atoms with Crippen molar-refractivity contribution < 1.29 is 19.4 Å². The number of nitrogens with two attached hydrogens (primary N) is 1. The molecule has 9 heteroatoms. The van der Waals surface area contributed by atoms with E-state index < -0.39 is 22.9 Å². The molecule has 0 unspecified atom stereocenters. The number of hydrogen-bond donors (Lipinski definition) is 2. The maximum Gasteiger partial charge on any atom is 0.296 e. The van der Waals surface area contributed by atoms with Crippen LogP contribution in [0.1, 0.15) is 27.4 Å². The highest BCUT2D eigenvalue weighted by Crippen LogP contribution is 2.32. The highest BCUT2D eigenvalue weighted by molar-refractivity contribution is 5.93. The summed E-state index contributed by atoms with van der Waals surface area (Å²) in [5.41, 5.74) is 5.44.